The van der Waals surface area contributed by atoms with Crippen LogP contribution in [0.3, 0.4) is 0 Å². The first kappa shape index (κ1) is 13.8. The van der Waals surface area contributed by atoms with Crippen molar-refractivity contribution in [2.45, 2.75) is 13.0 Å². The molecule has 3 rings (SSSR count). The summed E-state index contributed by atoms with van der Waals surface area (Å²) in [5.74, 6) is 0.824. The molecule has 0 unspecified atom stereocenters. The van der Waals surface area contributed by atoms with Gasteiger partial charge in [0.25, 0.3) is 0 Å². The van der Waals surface area contributed by atoms with Crippen molar-refractivity contribution < 1.29 is 0 Å². The summed E-state index contributed by atoms with van der Waals surface area (Å²) in [6, 6.07) is 10.5. The topological polar surface area (TPSA) is 58.3 Å². The second-order valence-corrected chi connectivity index (χ2v) is 5.40. The second-order valence-electron chi connectivity index (χ2n) is 5.40. The quantitative estimate of drug-likeness (QED) is 0.931. The first-order valence-electron chi connectivity index (χ1n) is 7.36. The molecule has 2 heterocycles. The minimum Gasteiger partial charge on any atom is -0.368 e. The van der Waals surface area contributed by atoms with Crippen LogP contribution in [0.5, 0.6) is 0 Å². The number of nitrogens with two attached hydrogens (primary N) is 1. The standard InChI is InChI=1S/C16H21N5/c1-13(17)14-3-5-15(6-4-14)20-9-11-21(12-10-20)16-18-7-2-8-19-16/h2-8,13H,9-12,17H2,1H3/t13-/m1/s1. The maximum Gasteiger partial charge on any atom is 0.225 e. The summed E-state index contributed by atoms with van der Waals surface area (Å²) in [7, 11) is 0. The first-order valence-corrected chi connectivity index (χ1v) is 7.36. The summed E-state index contributed by atoms with van der Waals surface area (Å²) in [6.07, 6.45) is 3.59. The molecule has 1 aliphatic heterocycles. The van der Waals surface area contributed by atoms with Crippen LogP contribution in [0, 0.1) is 0 Å². The van der Waals surface area contributed by atoms with Crippen molar-refractivity contribution >= 4 is 11.6 Å². The van der Waals surface area contributed by atoms with Crippen molar-refractivity contribution in [2.24, 2.45) is 5.73 Å². The van der Waals surface area contributed by atoms with E-state index in [0.29, 0.717) is 0 Å². The highest BCUT2D eigenvalue weighted by Gasteiger charge is 2.18. The largest absolute Gasteiger partial charge is 0.368 e. The lowest BCUT2D eigenvalue weighted by atomic mass is 10.1. The summed E-state index contributed by atoms with van der Waals surface area (Å²) in [5, 5.41) is 0. The average Bonchev–Trinajstić information content (AvgIpc) is 2.56. The fourth-order valence-corrected chi connectivity index (χ4v) is 2.61. The molecule has 1 aromatic heterocycles. The average molecular weight is 283 g/mol. The molecule has 1 saturated heterocycles. The highest BCUT2D eigenvalue weighted by atomic mass is 15.3. The Labute approximate surface area is 125 Å². The molecule has 110 valence electrons. The first-order chi connectivity index (χ1) is 10.2. The normalized spacial score (nSPS) is 16.9. The molecule has 5 heteroatoms. The van der Waals surface area contributed by atoms with Gasteiger partial charge in [0, 0.05) is 50.3 Å². The lowest BCUT2D eigenvalue weighted by Gasteiger charge is -2.36. The fraction of sp³-hybridized carbons (Fsp3) is 0.375. The second kappa shape index (κ2) is 6.10. The van der Waals surface area contributed by atoms with Gasteiger partial charge in [-0.2, -0.15) is 0 Å². The van der Waals surface area contributed by atoms with Gasteiger partial charge < -0.3 is 15.5 Å². The number of anilines is 2. The van der Waals surface area contributed by atoms with Crippen molar-refractivity contribution in [1.29, 1.82) is 0 Å². The van der Waals surface area contributed by atoms with Crippen molar-refractivity contribution in [1.82, 2.24) is 9.97 Å². The third-order valence-electron chi connectivity index (χ3n) is 3.90. The molecule has 0 aliphatic carbocycles. The molecule has 2 N–H and O–H groups in total. The van der Waals surface area contributed by atoms with E-state index in [0.717, 1.165) is 32.1 Å². The molecule has 2 aromatic rings. The molecule has 0 amide bonds. The maximum absolute atomic E-state index is 5.89. The van der Waals surface area contributed by atoms with Gasteiger partial charge in [-0.15, -0.1) is 0 Å². The Hall–Kier alpha value is -2.14. The van der Waals surface area contributed by atoms with E-state index < -0.39 is 0 Å². The number of rotatable bonds is 3. The van der Waals surface area contributed by atoms with Crippen LogP contribution < -0.4 is 15.5 Å². The predicted octanol–water partition coefficient (Wildman–Crippen LogP) is 1.82. The molecule has 0 saturated carbocycles. The van der Waals surface area contributed by atoms with Crippen molar-refractivity contribution in [2.75, 3.05) is 36.0 Å². The summed E-state index contributed by atoms with van der Waals surface area (Å²) in [6.45, 7) is 5.86. The van der Waals surface area contributed by atoms with E-state index in [-0.39, 0.29) is 6.04 Å². The lowest BCUT2D eigenvalue weighted by Crippen LogP contribution is -2.47. The van der Waals surface area contributed by atoms with E-state index in [4.69, 9.17) is 5.73 Å². The van der Waals surface area contributed by atoms with E-state index in [2.05, 4.69) is 44.0 Å². The Kier molecular flexibility index (Phi) is 4.01. The van der Waals surface area contributed by atoms with Crippen LogP contribution in [0.4, 0.5) is 11.6 Å². The Bertz CT molecular complexity index is 559. The van der Waals surface area contributed by atoms with E-state index in [1.54, 1.807) is 12.4 Å². The number of aromatic nitrogens is 2. The molecular weight excluding hydrogens is 262 g/mol. The zero-order valence-corrected chi connectivity index (χ0v) is 12.3. The van der Waals surface area contributed by atoms with Gasteiger partial charge >= 0.3 is 0 Å². The van der Waals surface area contributed by atoms with Crippen LogP contribution in [0.25, 0.3) is 0 Å². The number of benzene rings is 1. The predicted molar refractivity (Wildman–Crippen MR) is 85.5 cm³/mol. The zero-order chi connectivity index (χ0) is 14.7. The molecule has 1 atom stereocenters. The van der Waals surface area contributed by atoms with Crippen molar-refractivity contribution in [3.05, 3.63) is 48.3 Å². The van der Waals surface area contributed by atoms with Gasteiger partial charge in [0.1, 0.15) is 0 Å². The van der Waals surface area contributed by atoms with Gasteiger partial charge in [0.15, 0.2) is 0 Å². The molecule has 0 spiro atoms. The number of piperazine rings is 1. The lowest BCUT2D eigenvalue weighted by molar-refractivity contribution is 0.640. The third kappa shape index (κ3) is 3.13. The minimum absolute atomic E-state index is 0.0890. The number of hydrogen-bond acceptors (Lipinski definition) is 5. The van der Waals surface area contributed by atoms with Gasteiger partial charge in [-0.3, -0.25) is 0 Å². The summed E-state index contributed by atoms with van der Waals surface area (Å²) < 4.78 is 0. The number of hydrogen-bond donors (Lipinski definition) is 1. The van der Waals surface area contributed by atoms with E-state index in [9.17, 15) is 0 Å². The molecule has 1 fully saturated rings. The molecule has 5 nitrogen and oxygen atoms in total. The molecule has 1 aromatic carbocycles. The smallest absolute Gasteiger partial charge is 0.225 e. The minimum atomic E-state index is 0.0890. The molecule has 1 aliphatic rings. The molecule has 0 bridgehead atoms. The highest BCUT2D eigenvalue weighted by Crippen LogP contribution is 2.20. The summed E-state index contributed by atoms with van der Waals surface area (Å²) in [5.41, 5.74) is 8.32. The van der Waals surface area contributed by atoms with E-state index >= 15 is 0 Å². The monoisotopic (exact) mass is 283 g/mol. The van der Waals surface area contributed by atoms with Crippen LogP contribution >= 0.6 is 0 Å². The van der Waals surface area contributed by atoms with Gasteiger partial charge in [-0.1, -0.05) is 12.1 Å². The van der Waals surface area contributed by atoms with Crippen LogP contribution in [-0.4, -0.2) is 36.1 Å². The Morgan fingerprint density at radius 3 is 2.10 bits per heavy atom. The van der Waals surface area contributed by atoms with Crippen LogP contribution in [0.2, 0.25) is 0 Å². The van der Waals surface area contributed by atoms with Crippen LogP contribution in [0.15, 0.2) is 42.7 Å². The summed E-state index contributed by atoms with van der Waals surface area (Å²) in [4.78, 5) is 13.2. The van der Waals surface area contributed by atoms with Gasteiger partial charge in [-0.25, -0.2) is 9.97 Å². The molecular formula is C16H21N5. The van der Waals surface area contributed by atoms with Gasteiger partial charge in [0.05, 0.1) is 0 Å². The Morgan fingerprint density at radius 2 is 1.52 bits per heavy atom. The molecule has 21 heavy (non-hydrogen) atoms. The van der Waals surface area contributed by atoms with Crippen molar-refractivity contribution in [3.8, 4) is 0 Å². The highest BCUT2D eigenvalue weighted by molar-refractivity contribution is 5.49. The van der Waals surface area contributed by atoms with Gasteiger partial charge in [0.2, 0.25) is 5.95 Å². The fourth-order valence-electron chi connectivity index (χ4n) is 2.61. The van der Waals surface area contributed by atoms with Crippen molar-refractivity contribution in [3.63, 3.8) is 0 Å². The van der Waals surface area contributed by atoms with E-state index in [1.807, 2.05) is 13.0 Å². The van der Waals surface area contributed by atoms with Crippen LogP contribution in [-0.2, 0) is 0 Å². The van der Waals surface area contributed by atoms with Crippen LogP contribution in [0.1, 0.15) is 18.5 Å². The Balaban J connectivity index is 1.63. The zero-order valence-electron chi connectivity index (χ0n) is 12.3. The SMILES string of the molecule is C[C@@H](N)c1ccc(N2CCN(c3ncccn3)CC2)cc1. The Morgan fingerprint density at radius 1 is 0.952 bits per heavy atom. The number of nitrogens with zero attached hydrogens (tertiary/aromatic N) is 4. The summed E-state index contributed by atoms with van der Waals surface area (Å²) >= 11 is 0. The third-order valence-corrected chi connectivity index (χ3v) is 3.90. The maximum atomic E-state index is 5.89. The van der Waals surface area contributed by atoms with E-state index in [1.165, 1.54) is 11.3 Å². The van der Waals surface area contributed by atoms with Gasteiger partial charge in [-0.05, 0) is 30.7 Å². The molecule has 0 radical (unpaired) electrons.